The van der Waals surface area contributed by atoms with Gasteiger partial charge in [0, 0.05) is 19.2 Å². The molecule has 0 bridgehead atoms. The second kappa shape index (κ2) is 5.55. The summed E-state index contributed by atoms with van der Waals surface area (Å²) in [5, 5.41) is 8.06. The fourth-order valence-electron chi connectivity index (χ4n) is 1.49. The zero-order valence-electron chi connectivity index (χ0n) is 9.36. The molecule has 0 aromatic carbocycles. The van der Waals surface area contributed by atoms with Gasteiger partial charge in [-0.1, -0.05) is 11.6 Å². The van der Waals surface area contributed by atoms with Crippen molar-refractivity contribution < 1.29 is 0 Å². The van der Waals surface area contributed by atoms with Gasteiger partial charge in [0.15, 0.2) is 5.65 Å². The lowest BCUT2D eigenvalue weighted by Crippen LogP contribution is -2.02. The minimum absolute atomic E-state index is 0.618. The normalized spacial score (nSPS) is 10.4. The van der Waals surface area contributed by atoms with E-state index in [1.165, 1.54) is 0 Å². The minimum atomic E-state index is 0.618. The van der Waals surface area contributed by atoms with Crippen LogP contribution in [0, 0.1) is 12.3 Å². The predicted octanol–water partition coefficient (Wildman–Crippen LogP) is 2.60. The standard InChI is InChI=1S/C12H13ClN4/c1-2-3-4-5-8-14-12-15-11-7-6-10(13)9-17(11)16-12/h1,6-7,9H,3-5,8H2,(H,14,16). The molecular weight excluding hydrogens is 236 g/mol. The van der Waals surface area contributed by atoms with Gasteiger partial charge in [-0.05, 0) is 25.0 Å². The summed E-state index contributed by atoms with van der Waals surface area (Å²) in [6, 6.07) is 3.63. The zero-order chi connectivity index (χ0) is 12.1. The van der Waals surface area contributed by atoms with Crippen LogP contribution in [0.25, 0.3) is 5.65 Å². The van der Waals surface area contributed by atoms with Crippen LogP contribution >= 0.6 is 11.6 Å². The number of nitrogens with one attached hydrogen (secondary N) is 1. The molecule has 2 aromatic heterocycles. The summed E-state index contributed by atoms with van der Waals surface area (Å²) in [5.74, 6) is 3.23. The molecular formula is C12H13ClN4. The van der Waals surface area contributed by atoms with Crippen molar-refractivity contribution in [1.82, 2.24) is 14.6 Å². The fourth-order valence-corrected chi connectivity index (χ4v) is 1.64. The van der Waals surface area contributed by atoms with Crippen LogP contribution in [-0.4, -0.2) is 21.1 Å². The highest BCUT2D eigenvalue weighted by atomic mass is 35.5. The molecule has 4 nitrogen and oxygen atoms in total. The number of terminal acetylenes is 1. The molecule has 0 aliphatic rings. The van der Waals surface area contributed by atoms with Crippen molar-refractivity contribution in [2.75, 3.05) is 11.9 Å². The molecule has 1 N–H and O–H groups in total. The average molecular weight is 249 g/mol. The van der Waals surface area contributed by atoms with Crippen LogP contribution < -0.4 is 5.32 Å². The van der Waals surface area contributed by atoms with Crippen molar-refractivity contribution in [2.24, 2.45) is 0 Å². The maximum Gasteiger partial charge on any atom is 0.243 e. The number of pyridine rings is 1. The third-order valence-corrected chi connectivity index (χ3v) is 2.55. The summed E-state index contributed by atoms with van der Waals surface area (Å²) in [5.41, 5.74) is 0.778. The van der Waals surface area contributed by atoms with E-state index in [-0.39, 0.29) is 0 Å². The lowest BCUT2D eigenvalue weighted by molar-refractivity contribution is 0.783. The molecule has 0 saturated heterocycles. The first-order chi connectivity index (χ1) is 8.29. The lowest BCUT2D eigenvalue weighted by atomic mass is 10.2. The molecule has 5 heteroatoms. The predicted molar refractivity (Wildman–Crippen MR) is 69.2 cm³/mol. The molecule has 0 saturated carbocycles. The van der Waals surface area contributed by atoms with Crippen molar-refractivity contribution >= 4 is 23.2 Å². The molecule has 0 aliphatic heterocycles. The van der Waals surface area contributed by atoms with E-state index in [1.54, 1.807) is 16.8 Å². The first-order valence-electron chi connectivity index (χ1n) is 5.49. The quantitative estimate of drug-likeness (QED) is 0.653. The third-order valence-electron chi connectivity index (χ3n) is 2.33. The van der Waals surface area contributed by atoms with Gasteiger partial charge < -0.3 is 5.32 Å². The van der Waals surface area contributed by atoms with Gasteiger partial charge in [0.2, 0.25) is 5.95 Å². The van der Waals surface area contributed by atoms with E-state index in [9.17, 15) is 0 Å². The molecule has 0 spiro atoms. The van der Waals surface area contributed by atoms with Crippen LogP contribution in [0.1, 0.15) is 19.3 Å². The largest absolute Gasteiger partial charge is 0.353 e. The Morgan fingerprint density at radius 3 is 3.12 bits per heavy atom. The number of hydrogen-bond acceptors (Lipinski definition) is 3. The van der Waals surface area contributed by atoms with Crippen molar-refractivity contribution in [3.63, 3.8) is 0 Å². The molecule has 2 heterocycles. The second-order valence-corrected chi connectivity index (χ2v) is 4.11. The Hall–Kier alpha value is -1.73. The Bertz CT molecular complexity index is 541. The number of fused-ring (bicyclic) bond motifs is 1. The van der Waals surface area contributed by atoms with Gasteiger partial charge in [0.05, 0.1) is 5.02 Å². The number of nitrogens with zero attached hydrogens (tertiary/aromatic N) is 3. The molecule has 0 atom stereocenters. The molecule has 17 heavy (non-hydrogen) atoms. The smallest absolute Gasteiger partial charge is 0.243 e. The van der Waals surface area contributed by atoms with Crippen LogP contribution in [0.5, 0.6) is 0 Å². The van der Waals surface area contributed by atoms with Gasteiger partial charge in [0.25, 0.3) is 0 Å². The summed E-state index contributed by atoms with van der Waals surface area (Å²) in [4.78, 5) is 4.31. The van der Waals surface area contributed by atoms with E-state index in [1.807, 2.05) is 6.07 Å². The molecule has 2 aromatic rings. The molecule has 2 rings (SSSR count). The number of anilines is 1. The summed E-state index contributed by atoms with van der Waals surface area (Å²) in [6.45, 7) is 0.826. The summed E-state index contributed by atoms with van der Waals surface area (Å²) in [6.07, 6.45) is 9.75. The molecule has 0 amide bonds. The summed E-state index contributed by atoms with van der Waals surface area (Å²) in [7, 11) is 0. The monoisotopic (exact) mass is 248 g/mol. The van der Waals surface area contributed by atoms with Crippen LogP contribution in [0.15, 0.2) is 18.3 Å². The SMILES string of the molecule is C#CCCCCNc1nc2ccc(Cl)cn2n1. The van der Waals surface area contributed by atoms with Crippen LogP contribution in [-0.2, 0) is 0 Å². The molecule has 88 valence electrons. The van der Waals surface area contributed by atoms with Gasteiger partial charge in [0.1, 0.15) is 0 Å². The fraction of sp³-hybridized carbons (Fsp3) is 0.333. The maximum absolute atomic E-state index is 5.86. The zero-order valence-corrected chi connectivity index (χ0v) is 10.1. The van der Waals surface area contributed by atoms with Crippen LogP contribution in [0.4, 0.5) is 5.95 Å². The highest BCUT2D eigenvalue weighted by Crippen LogP contribution is 2.11. The van der Waals surface area contributed by atoms with Crippen LogP contribution in [0.2, 0.25) is 5.02 Å². The van der Waals surface area contributed by atoms with Gasteiger partial charge >= 0.3 is 0 Å². The second-order valence-electron chi connectivity index (χ2n) is 3.67. The van der Waals surface area contributed by atoms with Crippen molar-refractivity contribution in [2.45, 2.75) is 19.3 Å². The highest BCUT2D eigenvalue weighted by Gasteiger charge is 2.02. The molecule has 0 radical (unpaired) electrons. The van der Waals surface area contributed by atoms with E-state index in [4.69, 9.17) is 18.0 Å². The Labute approximate surface area is 105 Å². The van der Waals surface area contributed by atoms with Crippen LogP contribution in [0.3, 0.4) is 0 Å². The van der Waals surface area contributed by atoms with Crippen molar-refractivity contribution in [1.29, 1.82) is 0 Å². The van der Waals surface area contributed by atoms with E-state index < -0.39 is 0 Å². The average Bonchev–Trinajstić information content (AvgIpc) is 2.70. The highest BCUT2D eigenvalue weighted by molar-refractivity contribution is 6.30. The van der Waals surface area contributed by atoms with E-state index in [0.717, 1.165) is 31.5 Å². The summed E-state index contributed by atoms with van der Waals surface area (Å²) < 4.78 is 1.66. The number of unbranched alkanes of at least 4 members (excludes halogenated alkanes) is 2. The van der Waals surface area contributed by atoms with E-state index in [2.05, 4.69) is 21.3 Å². The molecule has 0 unspecified atom stereocenters. The van der Waals surface area contributed by atoms with Crippen molar-refractivity contribution in [3.8, 4) is 12.3 Å². The number of hydrogen-bond donors (Lipinski definition) is 1. The van der Waals surface area contributed by atoms with E-state index in [0.29, 0.717) is 11.0 Å². The van der Waals surface area contributed by atoms with Crippen molar-refractivity contribution in [3.05, 3.63) is 23.4 Å². The molecule has 0 fully saturated rings. The van der Waals surface area contributed by atoms with Gasteiger partial charge in [-0.2, -0.15) is 4.98 Å². The first kappa shape index (κ1) is 11.7. The summed E-state index contributed by atoms with van der Waals surface area (Å²) >= 11 is 5.86. The Morgan fingerprint density at radius 1 is 1.41 bits per heavy atom. The topological polar surface area (TPSA) is 42.2 Å². The van der Waals surface area contributed by atoms with Gasteiger partial charge in [-0.3, -0.25) is 0 Å². The number of halogens is 1. The van der Waals surface area contributed by atoms with Gasteiger partial charge in [-0.25, -0.2) is 4.52 Å². The third kappa shape index (κ3) is 3.11. The maximum atomic E-state index is 5.86. The van der Waals surface area contributed by atoms with E-state index >= 15 is 0 Å². The number of rotatable bonds is 5. The first-order valence-corrected chi connectivity index (χ1v) is 5.86. The van der Waals surface area contributed by atoms with Gasteiger partial charge in [-0.15, -0.1) is 17.4 Å². The number of aromatic nitrogens is 3. The Kier molecular flexibility index (Phi) is 3.84. The Balaban J connectivity index is 1.93. The molecule has 0 aliphatic carbocycles. The Morgan fingerprint density at radius 2 is 2.29 bits per heavy atom. The lowest BCUT2D eigenvalue weighted by Gasteiger charge is -1.98. The minimum Gasteiger partial charge on any atom is -0.353 e.